The first-order valence-electron chi connectivity index (χ1n) is 4.99. The van der Waals surface area contributed by atoms with Crippen molar-refractivity contribution in [1.82, 2.24) is 0 Å². The summed E-state index contributed by atoms with van der Waals surface area (Å²) in [6.07, 6.45) is 2.85. The van der Waals surface area contributed by atoms with Crippen molar-refractivity contribution < 1.29 is 19.7 Å². The first kappa shape index (κ1) is 15.8. The highest BCUT2D eigenvalue weighted by Crippen LogP contribution is 1.99. The van der Waals surface area contributed by atoms with Gasteiger partial charge < -0.3 is 14.9 Å². The molecule has 1 atom stereocenters. The van der Waals surface area contributed by atoms with Gasteiger partial charge in [-0.25, -0.2) is 0 Å². The molecular weight excluding hydrogens is 184 g/mol. The number of carboxylic acid groups (broad SMARTS) is 1. The third kappa shape index (κ3) is 22.5. The minimum absolute atomic E-state index is 0.250. The van der Waals surface area contributed by atoms with E-state index in [1.54, 1.807) is 0 Å². The van der Waals surface area contributed by atoms with Crippen LogP contribution in [0.1, 0.15) is 40.0 Å². The van der Waals surface area contributed by atoms with Crippen molar-refractivity contribution in [1.29, 1.82) is 0 Å². The van der Waals surface area contributed by atoms with Crippen LogP contribution in [0.3, 0.4) is 0 Å². The van der Waals surface area contributed by atoms with Gasteiger partial charge in [-0.05, 0) is 13.3 Å². The predicted molar refractivity (Wildman–Crippen MR) is 55.3 cm³/mol. The van der Waals surface area contributed by atoms with Crippen molar-refractivity contribution in [3.05, 3.63) is 0 Å². The van der Waals surface area contributed by atoms with Gasteiger partial charge in [-0.1, -0.05) is 19.8 Å². The van der Waals surface area contributed by atoms with Crippen molar-refractivity contribution >= 4 is 5.97 Å². The Bertz CT molecular complexity index is 113. The molecule has 1 unspecified atom stereocenters. The minimum Gasteiger partial charge on any atom is -0.481 e. The van der Waals surface area contributed by atoms with E-state index in [0.717, 1.165) is 26.2 Å². The average molecular weight is 206 g/mol. The van der Waals surface area contributed by atoms with E-state index >= 15 is 0 Å². The second-order valence-corrected chi connectivity index (χ2v) is 2.97. The van der Waals surface area contributed by atoms with E-state index in [9.17, 15) is 5.11 Å². The monoisotopic (exact) mass is 206 g/mol. The van der Waals surface area contributed by atoms with Crippen LogP contribution in [0.5, 0.6) is 0 Å². The van der Waals surface area contributed by atoms with Crippen molar-refractivity contribution in [2.45, 2.75) is 46.1 Å². The Hall–Kier alpha value is -0.610. The second-order valence-electron chi connectivity index (χ2n) is 2.97. The number of aliphatic hydroxyl groups is 1. The smallest absolute Gasteiger partial charge is 0.300 e. The Balaban J connectivity index is 0. The average Bonchev–Trinajstić information content (AvgIpc) is 2.10. The van der Waals surface area contributed by atoms with E-state index in [4.69, 9.17) is 14.6 Å². The van der Waals surface area contributed by atoms with Crippen LogP contribution in [0.25, 0.3) is 0 Å². The van der Waals surface area contributed by atoms with Gasteiger partial charge in [0.25, 0.3) is 5.97 Å². The highest BCUT2D eigenvalue weighted by atomic mass is 16.5. The van der Waals surface area contributed by atoms with Gasteiger partial charge in [-0.2, -0.15) is 0 Å². The fourth-order valence-corrected chi connectivity index (χ4v) is 0.777. The summed E-state index contributed by atoms with van der Waals surface area (Å²) in [6, 6.07) is 0. The van der Waals surface area contributed by atoms with E-state index in [1.165, 1.54) is 0 Å². The molecule has 14 heavy (non-hydrogen) atoms. The maximum Gasteiger partial charge on any atom is 0.300 e. The zero-order valence-corrected chi connectivity index (χ0v) is 9.32. The third-order valence-corrected chi connectivity index (χ3v) is 1.41. The molecule has 0 heterocycles. The summed E-state index contributed by atoms with van der Waals surface area (Å²) >= 11 is 0. The van der Waals surface area contributed by atoms with Crippen LogP contribution in [0.2, 0.25) is 0 Å². The first-order valence-corrected chi connectivity index (χ1v) is 4.99. The fourth-order valence-electron chi connectivity index (χ4n) is 0.777. The van der Waals surface area contributed by atoms with E-state index in [2.05, 4.69) is 6.92 Å². The van der Waals surface area contributed by atoms with Gasteiger partial charge in [-0.3, -0.25) is 4.79 Å². The quantitative estimate of drug-likeness (QED) is 0.693. The maximum atomic E-state index is 9.19. The molecule has 0 rings (SSSR count). The van der Waals surface area contributed by atoms with E-state index in [-0.39, 0.29) is 6.10 Å². The molecule has 4 nitrogen and oxygen atoms in total. The Morgan fingerprint density at radius 1 is 1.43 bits per heavy atom. The van der Waals surface area contributed by atoms with Gasteiger partial charge in [0, 0.05) is 13.5 Å². The zero-order valence-electron chi connectivity index (χ0n) is 9.32. The van der Waals surface area contributed by atoms with Gasteiger partial charge in [0.2, 0.25) is 0 Å². The van der Waals surface area contributed by atoms with Crippen LogP contribution >= 0.6 is 0 Å². The van der Waals surface area contributed by atoms with Crippen LogP contribution in [-0.2, 0) is 9.53 Å². The second kappa shape index (κ2) is 12.4. The van der Waals surface area contributed by atoms with Gasteiger partial charge >= 0.3 is 0 Å². The van der Waals surface area contributed by atoms with Crippen LogP contribution in [0, 0.1) is 0 Å². The number of carboxylic acids is 1. The molecular formula is C10H22O4. The van der Waals surface area contributed by atoms with E-state index in [0.29, 0.717) is 13.2 Å². The van der Waals surface area contributed by atoms with Crippen molar-refractivity contribution in [2.24, 2.45) is 0 Å². The molecule has 86 valence electrons. The van der Waals surface area contributed by atoms with Crippen molar-refractivity contribution in [3.8, 4) is 0 Å². The number of rotatable bonds is 6. The largest absolute Gasteiger partial charge is 0.481 e. The van der Waals surface area contributed by atoms with Gasteiger partial charge in [0.1, 0.15) is 0 Å². The molecule has 0 radical (unpaired) electrons. The van der Waals surface area contributed by atoms with Crippen molar-refractivity contribution in [2.75, 3.05) is 13.2 Å². The number of unbranched alkanes of at least 4 members (excludes halogenated alkanes) is 1. The molecule has 0 aliphatic heterocycles. The lowest BCUT2D eigenvalue weighted by Gasteiger charge is -2.08. The number of ether oxygens (including phenoxy) is 1. The van der Waals surface area contributed by atoms with Crippen LogP contribution < -0.4 is 0 Å². The highest BCUT2D eigenvalue weighted by Gasteiger charge is 2.01. The minimum atomic E-state index is -0.833. The van der Waals surface area contributed by atoms with Crippen LogP contribution in [0.15, 0.2) is 0 Å². The van der Waals surface area contributed by atoms with Crippen LogP contribution in [0.4, 0.5) is 0 Å². The third-order valence-electron chi connectivity index (χ3n) is 1.41. The van der Waals surface area contributed by atoms with E-state index in [1.807, 2.05) is 6.92 Å². The summed E-state index contributed by atoms with van der Waals surface area (Å²) in [5.41, 5.74) is 0. The summed E-state index contributed by atoms with van der Waals surface area (Å²) in [7, 11) is 0. The number of hydrogen-bond donors (Lipinski definition) is 2. The number of aliphatic hydroxyl groups excluding tert-OH is 1. The fraction of sp³-hybridized carbons (Fsp3) is 0.900. The SMILES string of the molecule is CC(=O)O.CCCCC(O)COCC. The van der Waals surface area contributed by atoms with E-state index < -0.39 is 5.97 Å². The molecule has 0 aromatic heterocycles. The molecule has 0 aromatic rings. The van der Waals surface area contributed by atoms with Gasteiger partial charge in [0.05, 0.1) is 12.7 Å². The summed E-state index contributed by atoms with van der Waals surface area (Å²) in [5, 5.41) is 16.6. The lowest BCUT2D eigenvalue weighted by atomic mass is 10.2. The summed E-state index contributed by atoms with van der Waals surface area (Å²) in [5.74, 6) is -0.833. The molecule has 0 aliphatic rings. The number of hydrogen-bond acceptors (Lipinski definition) is 3. The van der Waals surface area contributed by atoms with Crippen molar-refractivity contribution in [3.63, 3.8) is 0 Å². The Morgan fingerprint density at radius 2 is 1.93 bits per heavy atom. The van der Waals surface area contributed by atoms with Gasteiger partial charge in [-0.15, -0.1) is 0 Å². The molecule has 0 saturated heterocycles. The number of carbonyl (C=O) groups is 1. The summed E-state index contributed by atoms with van der Waals surface area (Å²) < 4.78 is 5.04. The zero-order chi connectivity index (χ0) is 11.4. The molecule has 0 saturated carbocycles. The molecule has 0 amide bonds. The standard InChI is InChI=1S/C8H18O2.C2H4O2/c1-3-5-6-8(9)7-10-4-2;1-2(3)4/h8-9H,3-7H2,1-2H3;1H3,(H,3,4). The van der Waals surface area contributed by atoms with Gasteiger partial charge in [0.15, 0.2) is 0 Å². The molecule has 0 aliphatic carbocycles. The molecule has 2 N–H and O–H groups in total. The maximum absolute atomic E-state index is 9.19. The summed E-state index contributed by atoms with van der Waals surface area (Å²) in [6.45, 7) is 6.33. The Morgan fingerprint density at radius 3 is 2.29 bits per heavy atom. The Kier molecular flexibility index (Phi) is 14.0. The lowest BCUT2D eigenvalue weighted by molar-refractivity contribution is -0.134. The first-order chi connectivity index (χ1) is 6.54. The highest BCUT2D eigenvalue weighted by molar-refractivity contribution is 5.62. The normalized spacial score (nSPS) is 11.4. The topological polar surface area (TPSA) is 66.8 Å². The predicted octanol–water partition coefficient (Wildman–Crippen LogP) is 1.66. The molecule has 0 spiro atoms. The Labute approximate surface area is 85.9 Å². The summed E-state index contributed by atoms with van der Waals surface area (Å²) in [4.78, 5) is 9.00. The lowest BCUT2D eigenvalue weighted by Crippen LogP contribution is -2.14. The van der Waals surface area contributed by atoms with Crippen LogP contribution in [-0.4, -0.2) is 35.5 Å². The molecule has 0 aromatic carbocycles. The molecule has 0 fully saturated rings. The molecule has 4 heteroatoms. The number of aliphatic carboxylic acids is 1. The molecule has 0 bridgehead atoms.